The van der Waals surface area contributed by atoms with Crippen LogP contribution < -0.4 is 5.73 Å². The minimum absolute atomic E-state index is 0.704. The molecular formula is C5H9NO5. The minimum Gasteiger partial charge on any atom is -0.481 e. The summed E-state index contributed by atoms with van der Waals surface area (Å²) < 4.78 is 0. The number of carboxylic acids is 1. The van der Waals surface area contributed by atoms with E-state index in [0.29, 0.717) is 0 Å². The van der Waals surface area contributed by atoms with Crippen molar-refractivity contribution in [3.05, 3.63) is 0 Å². The van der Waals surface area contributed by atoms with Crippen molar-refractivity contribution in [2.75, 3.05) is 0 Å². The minimum atomic E-state index is -1.81. The maximum Gasteiger partial charge on any atom is 0.306 e. The van der Waals surface area contributed by atoms with Gasteiger partial charge >= 0.3 is 5.97 Å². The summed E-state index contributed by atoms with van der Waals surface area (Å²) >= 11 is 0. The Labute approximate surface area is 62.2 Å². The smallest absolute Gasteiger partial charge is 0.306 e. The number of aliphatic carboxylic acids is 1. The van der Waals surface area contributed by atoms with Crippen LogP contribution in [0.4, 0.5) is 0 Å². The Hall–Kier alpha value is -1.14. The van der Waals surface area contributed by atoms with E-state index in [9.17, 15) is 9.59 Å². The van der Waals surface area contributed by atoms with Crippen molar-refractivity contribution in [3.63, 3.8) is 0 Å². The first-order chi connectivity index (χ1) is 4.95. The van der Waals surface area contributed by atoms with Crippen molar-refractivity contribution in [2.24, 2.45) is 5.73 Å². The number of rotatable bonds is 4. The van der Waals surface area contributed by atoms with E-state index in [1.165, 1.54) is 0 Å². The molecule has 64 valence electrons. The second kappa shape index (κ2) is 3.89. The predicted octanol–water partition coefficient (Wildman–Crippen LogP) is -2.33. The first kappa shape index (κ1) is 9.86. The molecule has 0 aromatic carbocycles. The van der Waals surface area contributed by atoms with Crippen LogP contribution in [0.25, 0.3) is 0 Å². The van der Waals surface area contributed by atoms with Crippen molar-refractivity contribution in [2.45, 2.75) is 18.6 Å². The Morgan fingerprint density at radius 3 is 2.09 bits per heavy atom. The molecule has 0 aromatic rings. The Kier molecular flexibility index (Phi) is 3.49. The Bertz CT molecular complexity index is 168. The van der Waals surface area contributed by atoms with Gasteiger partial charge in [-0.2, -0.15) is 0 Å². The molecule has 0 radical (unpaired) electrons. The summed E-state index contributed by atoms with van der Waals surface area (Å²) in [6.45, 7) is 0. The first-order valence-corrected chi connectivity index (χ1v) is 2.82. The lowest BCUT2D eigenvalue weighted by molar-refractivity contribution is -0.143. The SMILES string of the molecule is NC(=O)C(O)C(O)CC(=O)O. The zero-order valence-electron chi connectivity index (χ0n) is 5.60. The van der Waals surface area contributed by atoms with Gasteiger partial charge in [0, 0.05) is 0 Å². The number of hydrogen-bond donors (Lipinski definition) is 4. The fourth-order valence-electron chi connectivity index (χ4n) is 0.480. The molecule has 0 heterocycles. The van der Waals surface area contributed by atoms with Gasteiger partial charge in [0.05, 0.1) is 12.5 Å². The molecule has 0 aromatic heterocycles. The van der Waals surface area contributed by atoms with Gasteiger partial charge in [-0.1, -0.05) is 0 Å². The maximum atomic E-state index is 10.1. The van der Waals surface area contributed by atoms with Crippen LogP contribution in [0.1, 0.15) is 6.42 Å². The molecule has 0 aliphatic heterocycles. The van der Waals surface area contributed by atoms with Crippen molar-refractivity contribution >= 4 is 11.9 Å². The summed E-state index contributed by atoms with van der Waals surface area (Å²) in [5.74, 6) is -2.45. The highest BCUT2D eigenvalue weighted by molar-refractivity contribution is 5.80. The quantitative estimate of drug-likeness (QED) is 0.370. The number of aliphatic hydroxyl groups excluding tert-OH is 2. The number of carbonyl (C=O) groups is 2. The molecular weight excluding hydrogens is 154 g/mol. The predicted molar refractivity (Wildman–Crippen MR) is 33.5 cm³/mol. The summed E-state index contributed by atoms with van der Waals surface area (Å²) in [5, 5.41) is 25.5. The molecule has 2 unspecified atom stereocenters. The molecule has 0 spiro atoms. The molecule has 0 bridgehead atoms. The van der Waals surface area contributed by atoms with Crippen LogP contribution in [-0.4, -0.2) is 39.4 Å². The number of nitrogens with two attached hydrogens (primary N) is 1. The molecule has 1 amide bonds. The average Bonchev–Trinajstić information content (AvgIpc) is 1.84. The fraction of sp³-hybridized carbons (Fsp3) is 0.600. The summed E-state index contributed by atoms with van der Waals surface area (Å²) in [6.07, 6.45) is -4.15. The molecule has 0 aliphatic rings. The average molecular weight is 163 g/mol. The number of carbonyl (C=O) groups excluding carboxylic acids is 1. The van der Waals surface area contributed by atoms with Crippen molar-refractivity contribution in [1.29, 1.82) is 0 Å². The zero-order valence-corrected chi connectivity index (χ0v) is 5.60. The zero-order chi connectivity index (χ0) is 9.02. The van der Waals surface area contributed by atoms with Crippen LogP contribution in [0.2, 0.25) is 0 Å². The summed E-state index contributed by atoms with van der Waals surface area (Å²) in [5.41, 5.74) is 4.57. The van der Waals surface area contributed by atoms with E-state index in [1.807, 2.05) is 0 Å². The molecule has 0 aliphatic carbocycles. The van der Waals surface area contributed by atoms with Gasteiger partial charge in [0.15, 0.2) is 6.10 Å². The highest BCUT2D eigenvalue weighted by Crippen LogP contribution is 1.97. The van der Waals surface area contributed by atoms with Gasteiger partial charge in [-0.25, -0.2) is 0 Å². The number of aliphatic hydroxyl groups is 2. The third-order valence-corrected chi connectivity index (χ3v) is 1.04. The van der Waals surface area contributed by atoms with E-state index in [4.69, 9.17) is 15.3 Å². The molecule has 0 rings (SSSR count). The fourth-order valence-corrected chi connectivity index (χ4v) is 0.480. The second-order valence-corrected chi connectivity index (χ2v) is 2.01. The van der Waals surface area contributed by atoms with Gasteiger partial charge in [0.2, 0.25) is 5.91 Å². The Balaban J connectivity index is 3.92. The topological polar surface area (TPSA) is 121 Å². The van der Waals surface area contributed by atoms with Gasteiger partial charge in [0.1, 0.15) is 0 Å². The molecule has 0 saturated heterocycles. The third kappa shape index (κ3) is 3.54. The number of amides is 1. The van der Waals surface area contributed by atoms with Crippen molar-refractivity contribution < 1.29 is 24.9 Å². The van der Waals surface area contributed by atoms with Crippen LogP contribution >= 0.6 is 0 Å². The Morgan fingerprint density at radius 1 is 1.36 bits per heavy atom. The lowest BCUT2D eigenvalue weighted by atomic mass is 10.1. The molecule has 0 fully saturated rings. The lowest BCUT2D eigenvalue weighted by Crippen LogP contribution is -2.39. The lowest BCUT2D eigenvalue weighted by Gasteiger charge is -2.11. The highest BCUT2D eigenvalue weighted by atomic mass is 16.4. The number of hydrogen-bond acceptors (Lipinski definition) is 4. The van der Waals surface area contributed by atoms with E-state index in [0.717, 1.165) is 0 Å². The van der Waals surface area contributed by atoms with E-state index >= 15 is 0 Å². The number of primary amides is 1. The normalized spacial score (nSPS) is 15.5. The Morgan fingerprint density at radius 2 is 1.82 bits per heavy atom. The molecule has 11 heavy (non-hydrogen) atoms. The molecule has 6 nitrogen and oxygen atoms in total. The van der Waals surface area contributed by atoms with E-state index in [1.54, 1.807) is 0 Å². The molecule has 2 atom stereocenters. The number of carboxylic acid groups (broad SMARTS) is 1. The van der Waals surface area contributed by atoms with Gasteiger partial charge < -0.3 is 21.1 Å². The second-order valence-electron chi connectivity index (χ2n) is 2.01. The van der Waals surface area contributed by atoms with Crippen LogP contribution in [0.5, 0.6) is 0 Å². The summed E-state index contributed by atoms with van der Waals surface area (Å²) in [4.78, 5) is 20.1. The van der Waals surface area contributed by atoms with Gasteiger partial charge in [-0.3, -0.25) is 9.59 Å². The van der Waals surface area contributed by atoms with Gasteiger partial charge in [-0.05, 0) is 0 Å². The van der Waals surface area contributed by atoms with Crippen molar-refractivity contribution in [3.8, 4) is 0 Å². The van der Waals surface area contributed by atoms with Gasteiger partial charge in [0.25, 0.3) is 0 Å². The van der Waals surface area contributed by atoms with E-state index < -0.39 is 30.5 Å². The van der Waals surface area contributed by atoms with E-state index in [-0.39, 0.29) is 0 Å². The van der Waals surface area contributed by atoms with Crippen LogP contribution in [0.15, 0.2) is 0 Å². The molecule has 5 N–H and O–H groups in total. The molecule has 0 saturated carbocycles. The maximum absolute atomic E-state index is 10.1. The van der Waals surface area contributed by atoms with Crippen LogP contribution in [0.3, 0.4) is 0 Å². The van der Waals surface area contributed by atoms with Crippen molar-refractivity contribution in [1.82, 2.24) is 0 Å². The van der Waals surface area contributed by atoms with Crippen LogP contribution in [-0.2, 0) is 9.59 Å². The standard InChI is InChI=1S/C5H9NO5/c6-5(11)4(10)2(7)1-3(8)9/h2,4,7,10H,1H2,(H2,6,11)(H,8,9). The highest BCUT2D eigenvalue weighted by Gasteiger charge is 2.23. The largest absolute Gasteiger partial charge is 0.481 e. The summed E-state index contributed by atoms with van der Waals surface area (Å²) in [6, 6.07) is 0. The van der Waals surface area contributed by atoms with E-state index in [2.05, 4.69) is 5.73 Å². The van der Waals surface area contributed by atoms with Gasteiger partial charge in [-0.15, -0.1) is 0 Å². The third-order valence-electron chi connectivity index (χ3n) is 1.04. The first-order valence-electron chi connectivity index (χ1n) is 2.82. The monoisotopic (exact) mass is 163 g/mol. The summed E-state index contributed by atoms with van der Waals surface area (Å²) in [7, 11) is 0. The molecule has 6 heteroatoms. The van der Waals surface area contributed by atoms with Crippen LogP contribution in [0, 0.1) is 0 Å².